The van der Waals surface area contributed by atoms with Gasteiger partial charge in [-0.15, -0.1) is 0 Å². The number of alkyl halides is 2. The number of halogens is 2. The number of ether oxygens (including phenoxy) is 2. The number of carbonyl (C=O) groups is 1. The number of hydrogen-bond donors (Lipinski definition) is 0. The monoisotopic (exact) mass is 479 g/mol. The number of hydrogen-bond acceptors (Lipinski definition) is 6. The van der Waals surface area contributed by atoms with Crippen LogP contribution in [0.3, 0.4) is 0 Å². The van der Waals surface area contributed by atoms with Crippen LogP contribution in [0.2, 0.25) is 0 Å². The van der Waals surface area contributed by atoms with Gasteiger partial charge in [-0.25, -0.2) is 8.42 Å². The van der Waals surface area contributed by atoms with E-state index in [2.05, 4.69) is 4.74 Å². The van der Waals surface area contributed by atoms with Crippen LogP contribution in [0.15, 0.2) is 70.2 Å². The van der Waals surface area contributed by atoms with Crippen molar-refractivity contribution in [1.82, 2.24) is 4.90 Å². The zero-order chi connectivity index (χ0) is 24.0. The fraction of sp³-hybridized carbons (Fsp3) is 0.261. The molecule has 10 heteroatoms. The summed E-state index contributed by atoms with van der Waals surface area (Å²) < 4.78 is 65.7. The molecule has 1 aromatic heterocycles. The number of amides is 1. The van der Waals surface area contributed by atoms with E-state index in [1.54, 1.807) is 25.1 Å². The lowest BCUT2D eigenvalue weighted by Gasteiger charge is -2.18. The molecule has 0 unspecified atom stereocenters. The predicted molar refractivity (Wildman–Crippen MR) is 116 cm³/mol. The van der Waals surface area contributed by atoms with Crippen molar-refractivity contribution in [2.45, 2.75) is 30.7 Å². The minimum Gasteiger partial charge on any atom is -0.490 e. The molecule has 2 aromatic carbocycles. The number of furan rings is 1. The van der Waals surface area contributed by atoms with Crippen LogP contribution >= 0.6 is 0 Å². The van der Waals surface area contributed by atoms with Crippen molar-refractivity contribution >= 4 is 15.7 Å². The van der Waals surface area contributed by atoms with Crippen LogP contribution in [0, 0.1) is 0 Å². The third-order valence-corrected chi connectivity index (χ3v) is 6.36. The molecule has 1 heterocycles. The second kappa shape index (κ2) is 10.5. The van der Waals surface area contributed by atoms with Crippen molar-refractivity contribution in [1.29, 1.82) is 0 Å². The first-order valence-corrected chi connectivity index (χ1v) is 11.7. The van der Waals surface area contributed by atoms with Gasteiger partial charge in [0.1, 0.15) is 0 Å². The lowest BCUT2D eigenvalue weighted by atomic mass is 10.1. The highest BCUT2D eigenvalue weighted by Gasteiger charge is 2.25. The van der Waals surface area contributed by atoms with Gasteiger partial charge in [0.15, 0.2) is 27.1 Å². The third-order valence-electron chi connectivity index (χ3n) is 4.68. The van der Waals surface area contributed by atoms with E-state index in [1.807, 2.05) is 0 Å². The zero-order valence-electron chi connectivity index (χ0n) is 18.0. The summed E-state index contributed by atoms with van der Waals surface area (Å²) >= 11 is 0. The summed E-state index contributed by atoms with van der Waals surface area (Å²) in [7, 11) is -2.15. The number of sulfone groups is 1. The molecule has 3 rings (SSSR count). The number of benzene rings is 2. The standard InChI is InChI=1S/C23H23F2NO6S/c1-3-30-20-13-16(9-10-19(20)32-23(24)25)14-26(2)22(27)21-17(11-12-31-21)15-33(28,29)18-7-5-4-6-8-18/h4-13,23H,3,14-15H2,1-2H3. The van der Waals surface area contributed by atoms with Gasteiger partial charge in [-0.2, -0.15) is 8.78 Å². The van der Waals surface area contributed by atoms with Crippen molar-refractivity contribution in [2.24, 2.45) is 0 Å². The highest BCUT2D eigenvalue weighted by molar-refractivity contribution is 7.90. The van der Waals surface area contributed by atoms with Crippen LogP contribution in [-0.4, -0.2) is 39.5 Å². The fourth-order valence-corrected chi connectivity index (χ4v) is 4.56. The molecule has 33 heavy (non-hydrogen) atoms. The molecule has 0 bridgehead atoms. The van der Waals surface area contributed by atoms with Crippen LogP contribution < -0.4 is 9.47 Å². The molecule has 0 saturated heterocycles. The molecule has 0 spiro atoms. The Bertz CT molecular complexity index is 1190. The Morgan fingerprint density at radius 2 is 1.82 bits per heavy atom. The maximum Gasteiger partial charge on any atom is 0.387 e. The summed E-state index contributed by atoms with van der Waals surface area (Å²) in [4.78, 5) is 14.4. The molecule has 0 aliphatic rings. The maximum absolute atomic E-state index is 13.0. The van der Waals surface area contributed by atoms with Crippen molar-refractivity contribution < 1.29 is 35.9 Å². The highest BCUT2D eigenvalue weighted by Crippen LogP contribution is 2.30. The smallest absolute Gasteiger partial charge is 0.387 e. The number of carbonyl (C=O) groups excluding carboxylic acids is 1. The average Bonchev–Trinajstić information content (AvgIpc) is 3.22. The lowest BCUT2D eigenvalue weighted by Crippen LogP contribution is -2.27. The molecule has 7 nitrogen and oxygen atoms in total. The van der Waals surface area contributed by atoms with E-state index in [4.69, 9.17) is 9.15 Å². The van der Waals surface area contributed by atoms with Crippen molar-refractivity contribution in [2.75, 3.05) is 13.7 Å². The van der Waals surface area contributed by atoms with Gasteiger partial charge in [-0.05, 0) is 42.8 Å². The van der Waals surface area contributed by atoms with E-state index >= 15 is 0 Å². The quantitative estimate of drug-likeness (QED) is 0.425. The van der Waals surface area contributed by atoms with Crippen LogP contribution in [0.5, 0.6) is 11.5 Å². The van der Waals surface area contributed by atoms with Crippen molar-refractivity contribution in [3.8, 4) is 11.5 Å². The second-order valence-electron chi connectivity index (χ2n) is 7.10. The SMILES string of the molecule is CCOc1cc(CN(C)C(=O)c2occc2CS(=O)(=O)c2ccccc2)ccc1OC(F)F. The van der Waals surface area contributed by atoms with Crippen LogP contribution in [0.1, 0.15) is 28.6 Å². The lowest BCUT2D eigenvalue weighted by molar-refractivity contribution is -0.0514. The molecule has 0 atom stereocenters. The molecule has 176 valence electrons. The summed E-state index contributed by atoms with van der Waals surface area (Å²) in [6.07, 6.45) is 1.26. The van der Waals surface area contributed by atoms with Crippen molar-refractivity contribution in [3.05, 3.63) is 77.7 Å². The van der Waals surface area contributed by atoms with Crippen molar-refractivity contribution in [3.63, 3.8) is 0 Å². The molecule has 1 amide bonds. The predicted octanol–water partition coefficient (Wildman–Crippen LogP) is 4.53. The molecule has 0 aliphatic heterocycles. The Labute approximate surface area is 190 Å². The van der Waals surface area contributed by atoms with E-state index in [0.29, 0.717) is 5.56 Å². The van der Waals surface area contributed by atoms with E-state index in [-0.39, 0.29) is 40.9 Å². The van der Waals surface area contributed by atoms with Gasteiger partial charge in [0.05, 0.1) is 23.5 Å². The molecular weight excluding hydrogens is 456 g/mol. The largest absolute Gasteiger partial charge is 0.490 e. The summed E-state index contributed by atoms with van der Waals surface area (Å²) in [5, 5.41) is 0. The summed E-state index contributed by atoms with van der Waals surface area (Å²) in [5.41, 5.74) is 0.840. The highest BCUT2D eigenvalue weighted by atomic mass is 32.2. The first-order valence-electron chi connectivity index (χ1n) is 10.0. The first-order chi connectivity index (χ1) is 15.7. The minimum atomic E-state index is -3.67. The molecule has 3 aromatic rings. The number of rotatable bonds is 10. The van der Waals surface area contributed by atoms with E-state index < -0.39 is 28.1 Å². The molecular formula is C23H23F2NO6S. The second-order valence-corrected chi connectivity index (χ2v) is 9.09. The topological polar surface area (TPSA) is 86.0 Å². The van der Waals surface area contributed by atoms with Gasteiger partial charge in [-0.1, -0.05) is 24.3 Å². The Morgan fingerprint density at radius 3 is 2.48 bits per heavy atom. The Hall–Kier alpha value is -3.40. The van der Waals surface area contributed by atoms with Gasteiger partial charge in [0.2, 0.25) is 0 Å². The first kappa shape index (κ1) is 24.2. The average molecular weight is 480 g/mol. The number of nitrogens with zero attached hydrogens (tertiary/aromatic N) is 1. The molecule has 0 aliphatic carbocycles. The summed E-state index contributed by atoms with van der Waals surface area (Å²) in [6.45, 7) is -0.955. The van der Waals surface area contributed by atoms with Gasteiger partial charge in [-0.3, -0.25) is 4.79 Å². The van der Waals surface area contributed by atoms with Gasteiger partial charge in [0.25, 0.3) is 5.91 Å². The van der Waals surface area contributed by atoms with Crippen LogP contribution in [0.4, 0.5) is 8.78 Å². The third kappa shape index (κ3) is 6.10. The normalized spacial score (nSPS) is 11.4. The zero-order valence-corrected chi connectivity index (χ0v) is 18.8. The van der Waals surface area contributed by atoms with E-state index in [9.17, 15) is 22.0 Å². The van der Waals surface area contributed by atoms with E-state index in [0.717, 1.165) is 0 Å². The Kier molecular flexibility index (Phi) is 7.70. The Balaban J connectivity index is 1.76. The fourth-order valence-electron chi connectivity index (χ4n) is 3.18. The Morgan fingerprint density at radius 1 is 1.09 bits per heavy atom. The molecule has 0 fully saturated rings. The van der Waals surface area contributed by atoms with Gasteiger partial charge in [0, 0.05) is 19.2 Å². The summed E-state index contributed by atoms with van der Waals surface area (Å²) in [5.74, 6) is -0.979. The van der Waals surface area contributed by atoms with Gasteiger partial charge < -0.3 is 18.8 Å². The maximum atomic E-state index is 13.0. The van der Waals surface area contributed by atoms with E-state index in [1.165, 1.54) is 54.6 Å². The van der Waals surface area contributed by atoms with Gasteiger partial charge >= 0.3 is 6.61 Å². The van der Waals surface area contributed by atoms with Crippen LogP contribution in [-0.2, 0) is 22.1 Å². The van der Waals surface area contributed by atoms with Crippen LogP contribution in [0.25, 0.3) is 0 Å². The minimum absolute atomic E-state index is 0.0836. The molecule has 0 radical (unpaired) electrons. The molecule has 0 N–H and O–H groups in total. The molecule has 0 saturated carbocycles. The summed E-state index contributed by atoms with van der Waals surface area (Å²) in [6, 6.07) is 13.8.